The van der Waals surface area contributed by atoms with Crippen molar-refractivity contribution in [3.63, 3.8) is 0 Å². The Balaban J connectivity index is 2.64. The van der Waals surface area contributed by atoms with Crippen molar-refractivity contribution in [1.82, 2.24) is 0 Å². The summed E-state index contributed by atoms with van der Waals surface area (Å²) in [6, 6.07) is 0. The molecule has 1 rings (SSSR count). The number of allylic oxidation sites excluding steroid dienone is 2. The number of rotatable bonds is 0. The molecule has 0 aromatic carbocycles. The van der Waals surface area contributed by atoms with Gasteiger partial charge in [-0.2, -0.15) is 0 Å². The van der Waals surface area contributed by atoms with Gasteiger partial charge in [0.05, 0.1) is 0 Å². The van der Waals surface area contributed by atoms with E-state index >= 15 is 0 Å². The van der Waals surface area contributed by atoms with Crippen molar-refractivity contribution in [3.05, 3.63) is 9.15 Å². The second-order valence-electron chi connectivity index (χ2n) is 2.04. The third kappa shape index (κ3) is 1.18. The fraction of sp³-hybridized carbons (Fsp3) is 0.667. The van der Waals surface area contributed by atoms with E-state index in [4.69, 9.17) is 0 Å². The normalized spacial score (nSPS) is 21.4. The molecule has 0 unspecified atom stereocenters. The van der Waals surface area contributed by atoms with Crippen molar-refractivity contribution in [3.8, 4) is 0 Å². The summed E-state index contributed by atoms with van der Waals surface area (Å²) in [6.07, 6.45) is 4.08. The summed E-state index contributed by atoms with van der Waals surface area (Å²) >= 11 is 2.44. The predicted octanol–water partition coefficient (Wildman–Crippen LogP) is 2.88. The van der Waals surface area contributed by atoms with Crippen molar-refractivity contribution in [2.75, 3.05) is 0 Å². The first-order chi connectivity index (χ1) is 3.30. The standard InChI is InChI=1S/C6H9I/c1-5-3-2-4-6(5)7/h2-4H2,1H3. The van der Waals surface area contributed by atoms with Gasteiger partial charge in [0.15, 0.2) is 0 Å². The zero-order valence-corrected chi connectivity index (χ0v) is 6.66. The summed E-state index contributed by atoms with van der Waals surface area (Å²) in [5, 5.41) is 0. The Kier molecular flexibility index (Phi) is 1.73. The Morgan fingerprint density at radius 1 is 1.43 bits per heavy atom. The molecule has 0 bridgehead atoms. The average molecular weight is 208 g/mol. The van der Waals surface area contributed by atoms with Crippen molar-refractivity contribution in [2.24, 2.45) is 0 Å². The van der Waals surface area contributed by atoms with E-state index in [0.717, 1.165) is 0 Å². The number of halogens is 1. The molecule has 40 valence electrons. The molecule has 0 fully saturated rings. The molecule has 0 aromatic heterocycles. The Morgan fingerprint density at radius 2 is 2.14 bits per heavy atom. The van der Waals surface area contributed by atoms with E-state index in [1.807, 2.05) is 0 Å². The molecule has 0 spiro atoms. The predicted molar refractivity (Wildman–Crippen MR) is 40.6 cm³/mol. The Bertz CT molecular complexity index is 90.7. The first kappa shape index (κ1) is 5.60. The highest BCUT2D eigenvalue weighted by Crippen LogP contribution is 2.29. The van der Waals surface area contributed by atoms with Crippen molar-refractivity contribution < 1.29 is 0 Å². The second kappa shape index (κ2) is 2.16. The molecule has 0 N–H and O–H groups in total. The van der Waals surface area contributed by atoms with Crippen LogP contribution in [0.4, 0.5) is 0 Å². The maximum absolute atomic E-state index is 2.44. The highest BCUT2D eigenvalue weighted by atomic mass is 127. The van der Waals surface area contributed by atoms with Crippen LogP contribution < -0.4 is 0 Å². The van der Waals surface area contributed by atoms with Crippen LogP contribution in [0, 0.1) is 0 Å². The van der Waals surface area contributed by atoms with Crippen LogP contribution in [0.3, 0.4) is 0 Å². The van der Waals surface area contributed by atoms with Gasteiger partial charge in [-0.15, -0.1) is 0 Å². The molecule has 0 saturated heterocycles. The van der Waals surface area contributed by atoms with Gasteiger partial charge in [0.25, 0.3) is 0 Å². The SMILES string of the molecule is CC1=C(I)CCC1. The maximum atomic E-state index is 2.44. The largest absolute Gasteiger partial charge is 0.0640 e. The lowest BCUT2D eigenvalue weighted by molar-refractivity contribution is 0.905. The summed E-state index contributed by atoms with van der Waals surface area (Å²) in [6.45, 7) is 2.23. The quantitative estimate of drug-likeness (QED) is 0.537. The fourth-order valence-corrected chi connectivity index (χ4v) is 1.51. The van der Waals surface area contributed by atoms with Gasteiger partial charge in [-0.05, 0) is 52.4 Å². The van der Waals surface area contributed by atoms with Crippen molar-refractivity contribution in [1.29, 1.82) is 0 Å². The molecule has 0 nitrogen and oxygen atoms in total. The lowest BCUT2D eigenvalue weighted by Gasteiger charge is -1.85. The molecule has 0 aliphatic heterocycles. The van der Waals surface area contributed by atoms with Gasteiger partial charge >= 0.3 is 0 Å². The number of hydrogen-bond acceptors (Lipinski definition) is 0. The third-order valence-electron chi connectivity index (χ3n) is 1.41. The minimum Gasteiger partial charge on any atom is -0.0640 e. The molecule has 0 radical (unpaired) electrons. The van der Waals surface area contributed by atoms with Crippen LogP contribution in [0.1, 0.15) is 26.2 Å². The molecule has 1 heteroatoms. The minimum atomic E-state index is 1.34. The lowest BCUT2D eigenvalue weighted by atomic mass is 10.3. The molecular weight excluding hydrogens is 199 g/mol. The Hall–Kier alpha value is 0.470. The Labute approximate surface area is 58.1 Å². The first-order valence-electron chi connectivity index (χ1n) is 2.65. The van der Waals surface area contributed by atoms with Crippen LogP contribution >= 0.6 is 22.6 Å². The van der Waals surface area contributed by atoms with Crippen LogP contribution in [0.25, 0.3) is 0 Å². The van der Waals surface area contributed by atoms with E-state index in [1.54, 1.807) is 9.15 Å². The van der Waals surface area contributed by atoms with Crippen LogP contribution in [-0.4, -0.2) is 0 Å². The van der Waals surface area contributed by atoms with Gasteiger partial charge in [0.1, 0.15) is 0 Å². The fourth-order valence-electron chi connectivity index (χ4n) is 0.858. The molecule has 1 aliphatic carbocycles. The maximum Gasteiger partial charge on any atom is -0.0105 e. The summed E-state index contributed by atoms with van der Waals surface area (Å²) in [5.74, 6) is 0. The number of hydrogen-bond donors (Lipinski definition) is 0. The molecule has 0 aromatic rings. The highest BCUT2D eigenvalue weighted by molar-refractivity contribution is 14.1. The molecule has 0 saturated carbocycles. The van der Waals surface area contributed by atoms with Gasteiger partial charge < -0.3 is 0 Å². The second-order valence-corrected chi connectivity index (χ2v) is 3.34. The zero-order chi connectivity index (χ0) is 5.28. The monoisotopic (exact) mass is 208 g/mol. The molecular formula is C6H9I. The molecule has 0 amide bonds. The van der Waals surface area contributed by atoms with Gasteiger partial charge in [-0.25, -0.2) is 0 Å². The van der Waals surface area contributed by atoms with Crippen LogP contribution in [0.2, 0.25) is 0 Å². The average Bonchev–Trinajstić information content (AvgIpc) is 1.91. The van der Waals surface area contributed by atoms with Crippen molar-refractivity contribution in [2.45, 2.75) is 26.2 Å². The summed E-state index contributed by atoms with van der Waals surface area (Å²) < 4.78 is 1.60. The van der Waals surface area contributed by atoms with E-state index < -0.39 is 0 Å². The molecule has 0 heterocycles. The summed E-state index contributed by atoms with van der Waals surface area (Å²) in [7, 11) is 0. The van der Waals surface area contributed by atoms with Gasteiger partial charge in [0, 0.05) is 0 Å². The van der Waals surface area contributed by atoms with E-state index in [-0.39, 0.29) is 0 Å². The molecule has 1 aliphatic rings. The van der Waals surface area contributed by atoms with E-state index in [1.165, 1.54) is 19.3 Å². The first-order valence-corrected chi connectivity index (χ1v) is 3.72. The smallest absolute Gasteiger partial charge is 0.0105 e. The van der Waals surface area contributed by atoms with Gasteiger partial charge in [0.2, 0.25) is 0 Å². The molecule has 0 atom stereocenters. The zero-order valence-electron chi connectivity index (χ0n) is 4.50. The lowest BCUT2D eigenvalue weighted by Crippen LogP contribution is -1.62. The van der Waals surface area contributed by atoms with Crippen LogP contribution in [-0.2, 0) is 0 Å². The van der Waals surface area contributed by atoms with Gasteiger partial charge in [-0.3, -0.25) is 0 Å². The van der Waals surface area contributed by atoms with Gasteiger partial charge in [-0.1, -0.05) is 5.57 Å². The van der Waals surface area contributed by atoms with Crippen LogP contribution in [0.15, 0.2) is 9.15 Å². The van der Waals surface area contributed by atoms with E-state index in [0.29, 0.717) is 0 Å². The molecule has 7 heavy (non-hydrogen) atoms. The Morgan fingerprint density at radius 3 is 2.29 bits per heavy atom. The topological polar surface area (TPSA) is 0 Å². The summed E-state index contributed by atoms with van der Waals surface area (Å²) in [5.41, 5.74) is 1.61. The van der Waals surface area contributed by atoms with Crippen LogP contribution in [0.5, 0.6) is 0 Å². The third-order valence-corrected chi connectivity index (χ3v) is 2.87. The summed E-state index contributed by atoms with van der Waals surface area (Å²) in [4.78, 5) is 0. The highest BCUT2D eigenvalue weighted by Gasteiger charge is 2.05. The van der Waals surface area contributed by atoms with Crippen molar-refractivity contribution >= 4 is 22.6 Å². The van der Waals surface area contributed by atoms with E-state index in [2.05, 4.69) is 29.5 Å². The minimum absolute atomic E-state index is 1.34. The van der Waals surface area contributed by atoms with E-state index in [9.17, 15) is 0 Å².